The molecule has 0 aliphatic heterocycles. The van der Waals surface area contributed by atoms with Gasteiger partial charge in [0.2, 0.25) is 0 Å². The lowest BCUT2D eigenvalue weighted by molar-refractivity contribution is 0.0518. The van der Waals surface area contributed by atoms with Gasteiger partial charge < -0.3 is 4.74 Å². The Labute approximate surface area is 99.7 Å². The van der Waals surface area contributed by atoms with Crippen molar-refractivity contribution in [3.8, 4) is 0 Å². The SMILES string of the molecule is CCOC(=O)c1nc2c(C)cccc2nc1C. The summed E-state index contributed by atoms with van der Waals surface area (Å²) in [5.41, 5.74) is 3.45. The van der Waals surface area contributed by atoms with Crippen LogP contribution in [0.5, 0.6) is 0 Å². The van der Waals surface area contributed by atoms with Crippen molar-refractivity contribution >= 4 is 17.0 Å². The van der Waals surface area contributed by atoms with Crippen molar-refractivity contribution in [1.82, 2.24) is 9.97 Å². The van der Waals surface area contributed by atoms with E-state index in [-0.39, 0.29) is 0 Å². The average Bonchev–Trinajstić information content (AvgIpc) is 2.29. The molecule has 0 spiro atoms. The minimum atomic E-state index is -0.414. The zero-order chi connectivity index (χ0) is 12.4. The highest BCUT2D eigenvalue weighted by Crippen LogP contribution is 2.16. The number of carbonyl (C=O) groups is 1. The van der Waals surface area contributed by atoms with E-state index in [1.54, 1.807) is 13.8 Å². The van der Waals surface area contributed by atoms with Crippen LogP contribution < -0.4 is 0 Å². The first-order valence-electron chi connectivity index (χ1n) is 5.54. The molecule has 1 aromatic heterocycles. The molecule has 0 saturated carbocycles. The second-order valence-electron chi connectivity index (χ2n) is 3.82. The van der Waals surface area contributed by atoms with Gasteiger partial charge in [-0.15, -0.1) is 0 Å². The second kappa shape index (κ2) is 4.49. The molecule has 1 heterocycles. The molecule has 17 heavy (non-hydrogen) atoms. The highest BCUT2D eigenvalue weighted by atomic mass is 16.5. The van der Waals surface area contributed by atoms with Gasteiger partial charge >= 0.3 is 5.97 Å². The van der Waals surface area contributed by atoms with Crippen LogP contribution in [0.15, 0.2) is 18.2 Å². The lowest BCUT2D eigenvalue weighted by atomic mass is 10.2. The van der Waals surface area contributed by atoms with Crippen LogP contribution in [0, 0.1) is 13.8 Å². The molecule has 0 unspecified atom stereocenters. The van der Waals surface area contributed by atoms with E-state index >= 15 is 0 Å². The summed E-state index contributed by atoms with van der Waals surface area (Å²) >= 11 is 0. The monoisotopic (exact) mass is 230 g/mol. The number of nitrogens with zero attached hydrogens (tertiary/aromatic N) is 2. The Morgan fingerprint density at radius 1 is 1.29 bits per heavy atom. The lowest BCUT2D eigenvalue weighted by Gasteiger charge is -2.07. The van der Waals surface area contributed by atoms with Crippen LogP contribution in [-0.2, 0) is 4.74 Å². The van der Waals surface area contributed by atoms with Gasteiger partial charge in [-0.25, -0.2) is 14.8 Å². The molecule has 0 radical (unpaired) electrons. The number of carbonyl (C=O) groups excluding carboxylic acids is 1. The molecule has 2 aromatic rings. The van der Waals surface area contributed by atoms with E-state index in [0.717, 1.165) is 16.6 Å². The fourth-order valence-corrected chi connectivity index (χ4v) is 1.70. The first kappa shape index (κ1) is 11.5. The summed E-state index contributed by atoms with van der Waals surface area (Å²) in [6.45, 7) is 5.82. The van der Waals surface area contributed by atoms with Crippen LogP contribution in [0.1, 0.15) is 28.7 Å². The quantitative estimate of drug-likeness (QED) is 0.743. The number of esters is 1. The van der Waals surface area contributed by atoms with Crippen molar-refractivity contribution in [3.63, 3.8) is 0 Å². The number of hydrogen-bond acceptors (Lipinski definition) is 4. The predicted octanol–water partition coefficient (Wildman–Crippen LogP) is 2.42. The van der Waals surface area contributed by atoms with Gasteiger partial charge in [0.15, 0.2) is 5.69 Å². The van der Waals surface area contributed by atoms with Gasteiger partial charge in [-0.2, -0.15) is 0 Å². The highest BCUT2D eigenvalue weighted by Gasteiger charge is 2.14. The Morgan fingerprint density at radius 2 is 2.06 bits per heavy atom. The van der Waals surface area contributed by atoms with Gasteiger partial charge in [0.25, 0.3) is 0 Å². The van der Waals surface area contributed by atoms with Crippen LogP contribution in [0.3, 0.4) is 0 Å². The maximum Gasteiger partial charge on any atom is 0.358 e. The van der Waals surface area contributed by atoms with E-state index in [2.05, 4.69) is 9.97 Å². The van der Waals surface area contributed by atoms with Crippen LogP contribution in [0.4, 0.5) is 0 Å². The maximum absolute atomic E-state index is 11.7. The van der Waals surface area contributed by atoms with Gasteiger partial charge in [0.1, 0.15) is 0 Å². The lowest BCUT2D eigenvalue weighted by Crippen LogP contribution is -2.11. The van der Waals surface area contributed by atoms with E-state index in [4.69, 9.17) is 4.74 Å². The third-order valence-electron chi connectivity index (χ3n) is 2.54. The molecule has 4 nitrogen and oxygen atoms in total. The molecular formula is C13H14N2O2. The van der Waals surface area contributed by atoms with Gasteiger partial charge in [-0.3, -0.25) is 0 Å². The molecule has 0 fully saturated rings. The number of ether oxygens (including phenoxy) is 1. The van der Waals surface area contributed by atoms with Crippen molar-refractivity contribution in [3.05, 3.63) is 35.2 Å². The van der Waals surface area contributed by atoms with E-state index in [9.17, 15) is 4.79 Å². The van der Waals surface area contributed by atoms with Crippen molar-refractivity contribution in [2.24, 2.45) is 0 Å². The molecule has 4 heteroatoms. The fraction of sp³-hybridized carbons (Fsp3) is 0.308. The molecule has 0 aliphatic rings. The molecule has 0 saturated heterocycles. The standard InChI is InChI=1S/C13H14N2O2/c1-4-17-13(16)12-9(3)14-10-7-5-6-8(2)11(10)15-12/h5-7H,4H2,1-3H3. The third kappa shape index (κ3) is 2.11. The summed E-state index contributed by atoms with van der Waals surface area (Å²) in [5.74, 6) is -0.414. The molecule has 88 valence electrons. The third-order valence-corrected chi connectivity index (χ3v) is 2.54. The van der Waals surface area contributed by atoms with Crippen molar-refractivity contribution < 1.29 is 9.53 Å². The average molecular weight is 230 g/mol. The Kier molecular flexibility index (Phi) is 3.04. The van der Waals surface area contributed by atoms with Crippen molar-refractivity contribution in [2.75, 3.05) is 6.61 Å². The zero-order valence-corrected chi connectivity index (χ0v) is 10.2. The Hall–Kier alpha value is -1.97. The van der Waals surface area contributed by atoms with Crippen molar-refractivity contribution in [2.45, 2.75) is 20.8 Å². The number of rotatable bonds is 2. The molecule has 0 bridgehead atoms. The van der Waals surface area contributed by atoms with Gasteiger partial charge in [-0.05, 0) is 32.4 Å². The minimum Gasteiger partial charge on any atom is -0.461 e. The van der Waals surface area contributed by atoms with E-state index in [0.29, 0.717) is 18.0 Å². The molecule has 0 amide bonds. The number of hydrogen-bond donors (Lipinski definition) is 0. The summed E-state index contributed by atoms with van der Waals surface area (Å²) in [7, 11) is 0. The molecule has 0 N–H and O–H groups in total. The number of fused-ring (bicyclic) bond motifs is 1. The smallest absolute Gasteiger partial charge is 0.358 e. The van der Waals surface area contributed by atoms with E-state index in [1.807, 2.05) is 25.1 Å². The van der Waals surface area contributed by atoms with E-state index < -0.39 is 5.97 Å². The van der Waals surface area contributed by atoms with Crippen LogP contribution in [0.2, 0.25) is 0 Å². The maximum atomic E-state index is 11.7. The molecular weight excluding hydrogens is 216 g/mol. The minimum absolute atomic E-state index is 0.300. The molecule has 0 aliphatic carbocycles. The zero-order valence-electron chi connectivity index (χ0n) is 10.2. The summed E-state index contributed by atoms with van der Waals surface area (Å²) in [6, 6.07) is 5.76. The largest absolute Gasteiger partial charge is 0.461 e. The van der Waals surface area contributed by atoms with Crippen LogP contribution >= 0.6 is 0 Å². The topological polar surface area (TPSA) is 52.1 Å². The predicted molar refractivity (Wildman–Crippen MR) is 65.0 cm³/mol. The number of aromatic nitrogens is 2. The summed E-state index contributed by atoms with van der Waals surface area (Å²) in [6.07, 6.45) is 0. The normalized spacial score (nSPS) is 10.5. The Bertz CT molecular complexity index is 579. The molecule has 0 atom stereocenters. The van der Waals surface area contributed by atoms with Crippen molar-refractivity contribution in [1.29, 1.82) is 0 Å². The van der Waals surface area contributed by atoms with Gasteiger partial charge in [0.05, 0.1) is 23.3 Å². The van der Waals surface area contributed by atoms with Crippen LogP contribution in [-0.4, -0.2) is 22.5 Å². The first-order valence-corrected chi connectivity index (χ1v) is 5.54. The first-order chi connectivity index (χ1) is 8.13. The number of aryl methyl sites for hydroxylation is 2. The van der Waals surface area contributed by atoms with Gasteiger partial charge in [-0.1, -0.05) is 12.1 Å². The fourth-order valence-electron chi connectivity index (χ4n) is 1.70. The number of para-hydroxylation sites is 1. The Balaban J connectivity index is 2.61. The summed E-state index contributed by atoms with van der Waals surface area (Å²) in [4.78, 5) is 20.4. The number of benzene rings is 1. The summed E-state index contributed by atoms with van der Waals surface area (Å²) < 4.78 is 4.96. The molecule has 1 aromatic carbocycles. The molecule has 2 rings (SSSR count). The van der Waals surface area contributed by atoms with E-state index in [1.165, 1.54) is 0 Å². The van der Waals surface area contributed by atoms with Crippen LogP contribution in [0.25, 0.3) is 11.0 Å². The summed E-state index contributed by atoms with van der Waals surface area (Å²) in [5, 5.41) is 0. The second-order valence-corrected chi connectivity index (χ2v) is 3.82. The Morgan fingerprint density at radius 3 is 2.76 bits per heavy atom. The van der Waals surface area contributed by atoms with Gasteiger partial charge in [0, 0.05) is 0 Å². The highest BCUT2D eigenvalue weighted by molar-refractivity contribution is 5.91.